The summed E-state index contributed by atoms with van der Waals surface area (Å²) in [4.78, 5) is 19.4. The first kappa shape index (κ1) is 17.7. The minimum Gasteiger partial charge on any atom is -0.272 e. The second-order valence-corrected chi connectivity index (χ2v) is 7.83. The molecule has 1 aliphatic heterocycles. The van der Waals surface area contributed by atoms with Crippen molar-refractivity contribution in [3.8, 4) is 0 Å². The second kappa shape index (κ2) is 7.44. The molecule has 130 valence electrons. The van der Waals surface area contributed by atoms with Crippen molar-refractivity contribution in [1.29, 1.82) is 0 Å². The number of carbonyl (C=O) groups is 1. The highest BCUT2D eigenvalue weighted by molar-refractivity contribution is 8.13. The van der Waals surface area contributed by atoms with Crippen LogP contribution in [0.15, 0.2) is 53.5 Å². The number of benzene rings is 2. The molecule has 2 aromatic carbocycles. The maximum Gasteiger partial charge on any atom is 0.258 e. The van der Waals surface area contributed by atoms with Crippen molar-refractivity contribution >= 4 is 28.5 Å². The number of anilines is 1. The van der Waals surface area contributed by atoms with Gasteiger partial charge in [-0.25, -0.2) is 4.99 Å². The van der Waals surface area contributed by atoms with E-state index in [2.05, 4.69) is 31.2 Å². The summed E-state index contributed by atoms with van der Waals surface area (Å²) in [6, 6.07) is 16.3. The standard InChI is InChI=1S/C21H24N2OS/c1-14(2)19-20(24)23(18-11-7-16(4)8-12-18)21(22-19)25-13-17-9-5-15(3)6-10-17/h5-12,14,19H,13H2,1-4H3/t19-/m0/s1. The fourth-order valence-corrected chi connectivity index (χ4v) is 3.76. The second-order valence-electron chi connectivity index (χ2n) is 6.88. The summed E-state index contributed by atoms with van der Waals surface area (Å²) in [5.74, 6) is 1.07. The molecule has 0 bridgehead atoms. The van der Waals surface area contributed by atoms with Crippen LogP contribution in [0.25, 0.3) is 0 Å². The van der Waals surface area contributed by atoms with Crippen molar-refractivity contribution in [2.75, 3.05) is 4.90 Å². The van der Waals surface area contributed by atoms with Gasteiger partial charge in [0.1, 0.15) is 6.04 Å². The molecule has 0 aromatic heterocycles. The van der Waals surface area contributed by atoms with Crippen LogP contribution >= 0.6 is 11.8 Å². The fraction of sp³-hybridized carbons (Fsp3) is 0.333. The van der Waals surface area contributed by atoms with Crippen LogP contribution < -0.4 is 4.90 Å². The molecular weight excluding hydrogens is 328 g/mol. The highest BCUT2D eigenvalue weighted by Crippen LogP contribution is 2.30. The van der Waals surface area contributed by atoms with Crippen molar-refractivity contribution in [3.05, 3.63) is 65.2 Å². The lowest BCUT2D eigenvalue weighted by Crippen LogP contribution is -2.36. The van der Waals surface area contributed by atoms with E-state index >= 15 is 0 Å². The van der Waals surface area contributed by atoms with E-state index in [4.69, 9.17) is 4.99 Å². The van der Waals surface area contributed by atoms with E-state index in [1.165, 1.54) is 16.7 Å². The maximum absolute atomic E-state index is 12.9. The monoisotopic (exact) mass is 352 g/mol. The lowest BCUT2D eigenvalue weighted by atomic mass is 10.0. The van der Waals surface area contributed by atoms with Gasteiger partial charge in [0.25, 0.3) is 5.91 Å². The number of hydrogen-bond acceptors (Lipinski definition) is 3. The van der Waals surface area contributed by atoms with Crippen molar-refractivity contribution in [2.24, 2.45) is 10.9 Å². The van der Waals surface area contributed by atoms with E-state index in [0.717, 1.165) is 16.6 Å². The maximum atomic E-state index is 12.9. The molecular formula is C21H24N2OS. The van der Waals surface area contributed by atoms with Gasteiger partial charge in [-0.15, -0.1) is 0 Å². The van der Waals surface area contributed by atoms with Crippen LogP contribution in [0, 0.1) is 19.8 Å². The van der Waals surface area contributed by atoms with Crippen molar-refractivity contribution < 1.29 is 4.79 Å². The molecule has 0 saturated carbocycles. The quantitative estimate of drug-likeness (QED) is 0.779. The van der Waals surface area contributed by atoms with E-state index < -0.39 is 0 Å². The first-order chi connectivity index (χ1) is 12.0. The average Bonchev–Trinajstić information content (AvgIpc) is 2.92. The Morgan fingerprint density at radius 3 is 2.12 bits per heavy atom. The van der Waals surface area contributed by atoms with Crippen LogP contribution in [0.1, 0.15) is 30.5 Å². The van der Waals surface area contributed by atoms with Gasteiger partial charge in [-0.2, -0.15) is 0 Å². The minimum atomic E-state index is -0.290. The summed E-state index contributed by atoms with van der Waals surface area (Å²) < 4.78 is 0. The number of thioether (sulfide) groups is 1. The Hall–Kier alpha value is -2.07. The molecule has 1 atom stereocenters. The first-order valence-electron chi connectivity index (χ1n) is 8.62. The molecule has 0 aliphatic carbocycles. The van der Waals surface area contributed by atoms with Gasteiger partial charge in [0.2, 0.25) is 0 Å². The van der Waals surface area contributed by atoms with Gasteiger partial charge in [0.05, 0.1) is 5.69 Å². The molecule has 1 amide bonds. The van der Waals surface area contributed by atoms with Crippen LogP contribution in [0.2, 0.25) is 0 Å². The zero-order valence-corrected chi connectivity index (χ0v) is 16.0. The molecule has 0 saturated heterocycles. The van der Waals surface area contributed by atoms with E-state index in [9.17, 15) is 4.79 Å². The van der Waals surface area contributed by atoms with Crippen LogP contribution in [0.3, 0.4) is 0 Å². The summed E-state index contributed by atoms with van der Waals surface area (Å²) in [5, 5.41) is 0.799. The third-order valence-corrected chi connectivity index (χ3v) is 5.35. The van der Waals surface area contributed by atoms with Gasteiger partial charge in [0.15, 0.2) is 5.17 Å². The summed E-state index contributed by atoms with van der Waals surface area (Å²) in [6.45, 7) is 8.23. The lowest BCUT2D eigenvalue weighted by molar-refractivity contribution is -0.118. The number of rotatable bonds is 4. The third kappa shape index (κ3) is 3.96. The van der Waals surface area contributed by atoms with Crippen LogP contribution in [-0.4, -0.2) is 17.1 Å². The molecule has 0 radical (unpaired) electrons. The number of hydrogen-bond donors (Lipinski definition) is 0. The van der Waals surface area contributed by atoms with E-state index in [-0.39, 0.29) is 17.9 Å². The molecule has 3 nitrogen and oxygen atoms in total. The highest BCUT2D eigenvalue weighted by atomic mass is 32.2. The van der Waals surface area contributed by atoms with Crippen molar-refractivity contribution in [3.63, 3.8) is 0 Å². The van der Waals surface area contributed by atoms with E-state index in [1.54, 1.807) is 16.7 Å². The Morgan fingerprint density at radius 1 is 1.00 bits per heavy atom. The van der Waals surface area contributed by atoms with Gasteiger partial charge in [0, 0.05) is 5.75 Å². The number of amides is 1. The SMILES string of the molecule is Cc1ccc(CSC2=N[C@@H](C(C)C)C(=O)N2c2ccc(C)cc2)cc1. The molecule has 4 heteroatoms. The van der Waals surface area contributed by atoms with Crippen LogP contribution in [0.5, 0.6) is 0 Å². The summed E-state index contributed by atoms with van der Waals surface area (Å²) in [7, 11) is 0. The Morgan fingerprint density at radius 2 is 1.56 bits per heavy atom. The number of nitrogens with zero attached hydrogens (tertiary/aromatic N) is 2. The fourth-order valence-electron chi connectivity index (χ4n) is 2.76. The molecule has 3 rings (SSSR count). The predicted molar refractivity (Wildman–Crippen MR) is 107 cm³/mol. The zero-order valence-electron chi connectivity index (χ0n) is 15.2. The van der Waals surface area contributed by atoms with E-state index in [1.807, 2.05) is 45.0 Å². The molecule has 1 aliphatic rings. The molecule has 0 fully saturated rings. The number of amidine groups is 1. The minimum absolute atomic E-state index is 0.0743. The number of aryl methyl sites for hydroxylation is 2. The molecule has 2 aromatic rings. The Labute approximate surface area is 154 Å². The Bertz CT molecular complexity index is 779. The molecule has 25 heavy (non-hydrogen) atoms. The molecule has 0 N–H and O–H groups in total. The van der Waals surface area contributed by atoms with Gasteiger partial charge in [-0.3, -0.25) is 9.69 Å². The van der Waals surface area contributed by atoms with Gasteiger partial charge in [-0.05, 0) is 37.5 Å². The summed E-state index contributed by atoms with van der Waals surface area (Å²) in [5.41, 5.74) is 4.57. The number of carbonyl (C=O) groups excluding carboxylic acids is 1. The van der Waals surface area contributed by atoms with Crippen molar-refractivity contribution in [2.45, 2.75) is 39.5 Å². The molecule has 0 spiro atoms. The average molecular weight is 353 g/mol. The molecule has 0 unspecified atom stereocenters. The topological polar surface area (TPSA) is 32.7 Å². The zero-order chi connectivity index (χ0) is 18.0. The third-order valence-electron chi connectivity index (χ3n) is 4.33. The van der Waals surface area contributed by atoms with Crippen molar-refractivity contribution in [1.82, 2.24) is 0 Å². The first-order valence-corrected chi connectivity index (χ1v) is 9.61. The lowest BCUT2D eigenvalue weighted by Gasteiger charge is -2.20. The largest absolute Gasteiger partial charge is 0.272 e. The smallest absolute Gasteiger partial charge is 0.258 e. The Kier molecular flexibility index (Phi) is 5.28. The van der Waals surface area contributed by atoms with Gasteiger partial charge in [-0.1, -0.05) is 73.1 Å². The highest BCUT2D eigenvalue weighted by Gasteiger charge is 2.37. The Balaban J connectivity index is 1.84. The summed E-state index contributed by atoms with van der Waals surface area (Å²) in [6.07, 6.45) is 0. The molecule has 1 heterocycles. The predicted octanol–water partition coefficient (Wildman–Crippen LogP) is 4.96. The van der Waals surface area contributed by atoms with E-state index in [0.29, 0.717) is 0 Å². The van der Waals surface area contributed by atoms with Crippen LogP contribution in [-0.2, 0) is 10.5 Å². The van der Waals surface area contributed by atoms with Gasteiger partial charge < -0.3 is 0 Å². The normalized spacial score (nSPS) is 17.3. The summed E-state index contributed by atoms with van der Waals surface area (Å²) >= 11 is 1.63. The number of aliphatic imine (C=N–C) groups is 1. The van der Waals surface area contributed by atoms with Gasteiger partial charge >= 0.3 is 0 Å². The van der Waals surface area contributed by atoms with Crippen LogP contribution in [0.4, 0.5) is 5.69 Å².